The van der Waals surface area contributed by atoms with Crippen LogP contribution in [0.5, 0.6) is 5.75 Å². The fraction of sp³-hybridized carbons (Fsp3) is 0.333. The van der Waals surface area contributed by atoms with Gasteiger partial charge in [-0.1, -0.05) is 17.7 Å². The number of rotatable bonds is 6. The third-order valence-electron chi connectivity index (χ3n) is 8.51. The van der Waals surface area contributed by atoms with Gasteiger partial charge in [0, 0.05) is 43.5 Å². The van der Waals surface area contributed by atoms with Gasteiger partial charge in [-0.2, -0.15) is 5.10 Å². The number of hydrogen-bond acceptors (Lipinski definition) is 7. The number of carbonyl (C=O) groups excluding carboxylic acids is 1. The predicted molar refractivity (Wildman–Crippen MR) is 158 cm³/mol. The molecule has 1 aromatic carbocycles. The Kier molecular flexibility index (Phi) is 6.70. The van der Waals surface area contributed by atoms with E-state index in [2.05, 4.69) is 37.8 Å². The second kappa shape index (κ2) is 10.6. The molecule has 0 saturated carbocycles. The standard InChI is InChI=1S/C30H30ClFN8O2/c1-2-42-20-14-21(27-22-16-34-35-28(22)36-40(27)17-20)19-6-7-25(33-15-19)38-11-8-30(18-38)9-12-39(13-10-30)37-29(41)26-23(31)4-3-5-24(26)32/h3-7,14-17H,2,8-13,18H2,1H3,(H,35,36)(H,37,41). The van der Waals surface area contributed by atoms with Crippen LogP contribution in [0.3, 0.4) is 0 Å². The van der Waals surface area contributed by atoms with Crippen molar-refractivity contribution in [3.8, 4) is 16.9 Å². The van der Waals surface area contributed by atoms with Crippen LogP contribution in [-0.4, -0.2) is 68.5 Å². The number of hydrazine groups is 1. The number of fused-ring (bicyclic) bond motifs is 3. The molecule has 216 valence electrons. The highest BCUT2D eigenvalue weighted by Gasteiger charge is 2.41. The molecule has 2 aliphatic heterocycles. The van der Waals surface area contributed by atoms with Crippen molar-refractivity contribution in [2.75, 3.05) is 37.7 Å². The maximum Gasteiger partial charge on any atom is 0.270 e. The highest BCUT2D eigenvalue weighted by atomic mass is 35.5. The lowest BCUT2D eigenvalue weighted by Gasteiger charge is -2.39. The molecule has 6 heterocycles. The van der Waals surface area contributed by atoms with E-state index >= 15 is 0 Å². The van der Waals surface area contributed by atoms with Crippen LogP contribution >= 0.6 is 11.6 Å². The summed E-state index contributed by atoms with van der Waals surface area (Å²) in [6, 6.07) is 10.5. The predicted octanol–water partition coefficient (Wildman–Crippen LogP) is 5.10. The molecule has 2 fully saturated rings. The minimum absolute atomic E-state index is 0.109. The molecule has 2 saturated heterocycles. The maximum atomic E-state index is 14.2. The van der Waals surface area contributed by atoms with Crippen molar-refractivity contribution >= 4 is 39.9 Å². The highest BCUT2D eigenvalue weighted by Crippen LogP contribution is 2.42. The first kappa shape index (κ1) is 26.7. The smallest absolute Gasteiger partial charge is 0.270 e. The van der Waals surface area contributed by atoms with Crippen molar-refractivity contribution in [2.45, 2.75) is 26.2 Å². The van der Waals surface area contributed by atoms with Gasteiger partial charge in [0.15, 0.2) is 5.65 Å². The van der Waals surface area contributed by atoms with Crippen LogP contribution in [0.1, 0.15) is 36.5 Å². The molecular weight excluding hydrogens is 559 g/mol. The van der Waals surface area contributed by atoms with Crippen molar-refractivity contribution in [3.05, 3.63) is 71.4 Å². The summed E-state index contributed by atoms with van der Waals surface area (Å²) < 4.78 is 21.8. The number of piperidine rings is 1. The molecule has 0 unspecified atom stereocenters. The normalized spacial score (nSPS) is 17.0. The molecule has 2 aliphatic rings. The van der Waals surface area contributed by atoms with Gasteiger partial charge in [-0.15, -0.1) is 5.10 Å². The zero-order valence-corrected chi connectivity index (χ0v) is 23.9. The van der Waals surface area contributed by atoms with E-state index in [0.29, 0.717) is 19.7 Å². The minimum atomic E-state index is -0.621. The number of hydrogen-bond donors (Lipinski definition) is 2. The molecule has 5 aromatic rings. The van der Waals surface area contributed by atoms with E-state index in [4.69, 9.17) is 21.3 Å². The third-order valence-corrected chi connectivity index (χ3v) is 8.82. The van der Waals surface area contributed by atoms with Crippen molar-refractivity contribution in [3.63, 3.8) is 0 Å². The Balaban J connectivity index is 1.04. The molecule has 10 nitrogen and oxygen atoms in total. The zero-order valence-electron chi connectivity index (χ0n) is 23.1. The first-order chi connectivity index (χ1) is 20.4. The number of ether oxygens (including phenoxy) is 1. The van der Waals surface area contributed by atoms with Crippen molar-refractivity contribution in [1.29, 1.82) is 0 Å². The number of nitrogens with one attached hydrogen (secondary N) is 2. The van der Waals surface area contributed by atoms with Gasteiger partial charge >= 0.3 is 0 Å². The topological polar surface area (TPSA) is 104 Å². The molecule has 0 atom stereocenters. The average molecular weight is 589 g/mol. The van der Waals surface area contributed by atoms with Crippen LogP contribution in [-0.2, 0) is 0 Å². The van der Waals surface area contributed by atoms with Crippen molar-refractivity contribution in [2.24, 2.45) is 5.41 Å². The van der Waals surface area contributed by atoms with Gasteiger partial charge < -0.3 is 9.64 Å². The third kappa shape index (κ3) is 4.72. The maximum absolute atomic E-state index is 14.2. The number of halogens is 2. The summed E-state index contributed by atoms with van der Waals surface area (Å²) >= 11 is 6.07. The van der Waals surface area contributed by atoms with Gasteiger partial charge in [-0.25, -0.2) is 18.9 Å². The Morgan fingerprint density at radius 3 is 2.76 bits per heavy atom. The Hall–Kier alpha value is -4.22. The molecule has 12 heteroatoms. The van der Waals surface area contributed by atoms with Crippen LogP contribution in [0.15, 0.2) is 55.0 Å². The van der Waals surface area contributed by atoms with E-state index in [1.165, 1.54) is 18.2 Å². The first-order valence-electron chi connectivity index (χ1n) is 14.1. The van der Waals surface area contributed by atoms with Gasteiger partial charge in [-0.05, 0) is 61.9 Å². The minimum Gasteiger partial charge on any atom is -0.492 e. The summed E-state index contributed by atoms with van der Waals surface area (Å²) in [7, 11) is 0. The van der Waals surface area contributed by atoms with E-state index in [1.54, 1.807) is 6.20 Å². The molecule has 0 radical (unpaired) electrons. The molecule has 0 aliphatic carbocycles. The Morgan fingerprint density at radius 1 is 1.17 bits per heavy atom. The van der Waals surface area contributed by atoms with Gasteiger partial charge in [0.1, 0.15) is 17.4 Å². The number of benzene rings is 1. The summed E-state index contributed by atoms with van der Waals surface area (Å²) in [6.45, 7) is 5.73. The molecule has 2 N–H and O–H groups in total. The number of aromatic amines is 1. The highest BCUT2D eigenvalue weighted by molar-refractivity contribution is 6.33. The van der Waals surface area contributed by atoms with Crippen LogP contribution in [0, 0.1) is 11.2 Å². The average Bonchev–Trinajstić information content (AvgIpc) is 3.70. The molecular formula is C30H30ClFN8O2. The number of nitrogens with zero attached hydrogens (tertiary/aromatic N) is 6. The lowest BCUT2D eigenvalue weighted by molar-refractivity contribution is 0.0567. The summed E-state index contributed by atoms with van der Waals surface area (Å²) in [6.07, 6.45) is 8.50. The second-order valence-corrected chi connectivity index (χ2v) is 11.5. The van der Waals surface area contributed by atoms with Gasteiger partial charge in [0.05, 0.1) is 40.5 Å². The van der Waals surface area contributed by atoms with E-state index < -0.39 is 11.7 Å². The summed E-state index contributed by atoms with van der Waals surface area (Å²) in [5.74, 6) is 0.549. The van der Waals surface area contributed by atoms with Gasteiger partial charge in [0.25, 0.3) is 5.91 Å². The number of anilines is 1. The monoisotopic (exact) mass is 588 g/mol. The Morgan fingerprint density at radius 2 is 2.00 bits per heavy atom. The SMILES string of the molecule is CCOc1cc(-c2ccc(N3CCC4(CCN(NC(=O)c5c(F)cccc5Cl)CC4)C3)nc2)c2c3cn[nH]c3nn2c1. The Labute approximate surface area is 246 Å². The molecule has 42 heavy (non-hydrogen) atoms. The second-order valence-electron chi connectivity index (χ2n) is 11.0. The van der Waals surface area contributed by atoms with Crippen molar-refractivity contribution < 1.29 is 13.9 Å². The number of aromatic nitrogens is 5. The number of carbonyl (C=O) groups is 1. The quantitative estimate of drug-likeness (QED) is 0.284. The lowest BCUT2D eigenvalue weighted by atomic mass is 9.78. The zero-order chi connectivity index (χ0) is 28.8. The molecule has 1 amide bonds. The number of pyridine rings is 2. The van der Waals surface area contributed by atoms with Crippen LogP contribution in [0.2, 0.25) is 5.02 Å². The Bertz CT molecular complexity index is 1760. The van der Waals surface area contributed by atoms with E-state index in [9.17, 15) is 9.18 Å². The molecule has 4 aromatic heterocycles. The number of H-pyrrole nitrogens is 1. The van der Waals surface area contributed by atoms with Crippen LogP contribution in [0.25, 0.3) is 27.7 Å². The molecule has 7 rings (SSSR count). The van der Waals surface area contributed by atoms with E-state index in [0.717, 1.165) is 71.6 Å². The van der Waals surface area contributed by atoms with E-state index in [1.807, 2.05) is 34.9 Å². The largest absolute Gasteiger partial charge is 0.492 e. The molecule has 0 bridgehead atoms. The fourth-order valence-corrected chi connectivity index (χ4v) is 6.53. The summed E-state index contributed by atoms with van der Waals surface area (Å²) in [4.78, 5) is 19.9. The van der Waals surface area contributed by atoms with Crippen LogP contribution < -0.4 is 15.1 Å². The summed E-state index contributed by atoms with van der Waals surface area (Å²) in [5.41, 5.74) is 6.50. The molecule has 1 spiro atoms. The van der Waals surface area contributed by atoms with Crippen molar-refractivity contribution in [1.82, 2.24) is 35.2 Å². The first-order valence-corrected chi connectivity index (χ1v) is 14.5. The summed E-state index contributed by atoms with van der Waals surface area (Å²) in [5, 5.41) is 14.6. The van der Waals surface area contributed by atoms with Crippen LogP contribution in [0.4, 0.5) is 10.2 Å². The van der Waals surface area contributed by atoms with E-state index in [-0.39, 0.29) is 16.0 Å². The lowest BCUT2D eigenvalue weighted by Crippen LogP contribution is -2.50. The van der Waals surface area contributed by atoms with Gasteiger partial charge in [-0.3, -0.25) is 15.3 Å². The fourth-order valence-electron chi connectivity index (χ4n) is 6.28. The number of amides is 1. The van der Waals surface area contributed by atoms with Gasteiger partial charge in [0.2, 0.25) is 0 Å².